The van der Waals surface area contributed by atoms with Crippen LogP contribution in [-0.4, -0.2) is 64.1 Å². The fourth-order valence-corrected chi connectivity index (χ4v) is 8.74. The summed E-state index contributed by atoms with van der Waals surface area (Å²) in [5, 5.41) is 0. The van der Waals surface area contributed by atoms with Gasteiger partial charge < -0.3 is 28.4 Å². The maximum absolute atomic E-state index is 7.58. The van der Waals surface area contributed by atoms with E-state index in [0.29, 0.717) is 26.4 Å². The molecule has 0 spiro atoms. The number of hydrogen-bond donors (Lipinski definition) is 0. The van der Waals surface area contributed by atoms with Gasteiger partial charge in [-0.2, -0.15) is 0 Å². The third kappa shape index (κ3) is 13.2. The van der Waals surface area contributed by atoms with Gasteiger partial charge in [0.2, 0.25) is 0 Å². The summed E-state index contributed by atoms with van der Waals surface area (Å²) in [5.41, 5.74) is 4.27. The highest BCUT2D eigenvalue weighted by atomic mass is 16.6. The van der Waals surface area contributed by atoms with Gasteiger partial charge in [0, 0.05) is 26.4 Å². The van der Waals surface area contributed by atoms with E-state index in [2.05, 4.69) is 210 Å². The molecule has 350 valence electrons. The summed E-state index contributed by atoms with van der Waals surface area (Å²) in [4.78, 5) is 0. The van der Waals surface area contributed by atoms with Gasteiger partial charge in [-0.3, -0.25) is 0 Å². The zero-order valence-electron chi connectivity index (χ0n) is 40.0. The summed E-state index contributed by atoms with van der Waals surface area (Å²) in [6.07, 6.45) is 5.32. The highest BCUT2D eigenvalue weighted by Gasteiger charge is 2.45. The Morgan fingerprint density at radius 1 is 0.303 bits per heavy atom. The number of benzene rings is 6. The average Bonchev–Trinajstić information content (AvgIpc) is 3.38. The van der Waals surface area contributed by atoms with Gasteiger partial charge in [0.25, 0.3) is 0 Å². The highest BCUT2D eigenvalue weighted by molar-refractivity contribution is 5.49. The lowest BCUT2D eigenvalue weighted by Gasteiger charge is -2.42. The van der Waals surface area contributed by atoms with Crippen molar-refractivity contribution in [2.45, 2.75) is 115 Å². The molecule has 0 aliphatic carbocycles. The van der Waals surface area contributed by atoms with Crippen LogP contribution in [0.1, 0.15) is 112 Å². The van der Waals surface area contributed by atoms with Crippen LogP contribution in [0.2, 0.25) is 0 Å². The van der Waals surface area contributed by atoms with Gasteiger partial charge in [-0.25, -0.2) is 0 Å². The molecule has 0 bridgehead atoms. The Labute approximate surface area is 396 Å². The maximum atomic E-state index is 7.58. The lowest BCUT2D eigenvalue weighted by Crippen LogP contribution is -2.54. The van der Waals surface area contributed by atoms with Gasteiger partial charge in [-0.15, -0.1) is 0 Å². The summed E-state index contributed by atoms with van der Waals surface area (Å²) in [6.45, 7) is 11.4. The standard InChI is InChI=1S/C60H74O6/c1-5-9-43-61-55(47-65-59(49-31-19-13-20-32-49,50-33-21-14-22-34-50)51-35-23-15-24-36-51)57(63-45-11-7-3)58(64-46-12-8-4)56(62-44-10-6-2)48-66-60(52-37-25-16-26-38-52,53-39-27-17-28-40-53)54-41-29-18-30-42-54/h13-42,55-58H,5-12,43-48H2,1-4H3/t55-,56-,57-,58-/m1/s1. The van der Waals surface area contributed by atoms with Crippen LogP contribution in [0.15, 0.2) is 182 Å². The van der Waals surface area contributed by atoms with E-state index >= 15 is 0 Å². The lowest BCUT2D eigenvalue weighted by atomic mass is 9.80. The van der Waals surface area contributed by atoms with Crippen molar-refractivity contribution < 1.29 is 28.4 Å². The van der Waals surface area contributed by atoms with Crippen LogP contribution < -0.4 is 0 Å². The largest absolute Gasteiger partial charge is 0.373 e. The zero-order valence-corrected chi connectivity index (χ0v) is 40.0. The molecular weight excluding hydrogens is 817 g/mol. The molecule has 0 N–H and O–H groups in total. The topological polar surface area (TPSA) is 55.4 Å². The summed E-state index contributed by atoms with van der Waals surface area (Å²) in [7, 11) is 0. The third-order valence-corrected chi connectivity index (χ3v) is 12.3. The molecule has 6 nitrogen and oxygen atoms in total. The van der Waals surface area contributed by atoms with Crippen LogP contribution in [0.3, 0.4) is 0 Å². The fraction of sp³-hybridized carbons (Fsp3) is 0.400. The first-order valence-corrected chi connectivity index (χ1v) is 24.7. The molecular formula is C60H74O6. The van der Waals surface area contributed by atoms with Crippen molar-refractivity contribution in [2.24, 2.45) is 0 Å². The molecule has 0 saturated heterocycles. The van der Waals surface area contributed by atoms with Crippen molar-refractivity contribution >= 4 is 0 Å². The molecule has 0 amide bonds. The number of unbranched alkanes of at least 4 members (excludes halogenated alkanes) is 4. The van der Waals surface area contributed by atoms with Crippen LogP contribution in [0, 0.1) is 0 Å². The number of hydrogen-bond acceptors (Lipinski definition) is 6. The Bertz CT molecular complexity index is 1790. The summed E-state index contributed by atoms with van der Waals surface area (Å²) < 4.78 is 43.6. The molecule has 4 atom stereocenters. The molecule has 0 fully saturated rings. The third-order valence-electron chi connectivity index (χ3n) is 12.3. The first-order valence-electron chi connectivity index (χ1n) is 24.7. The van der Waals surface area contributed by atoms with E-state index in [4.69, 9.17) is 28.4 Å². The van der Waals surface area contributed by atoms with Crippen molar-refractivity contribution in [3.63, 3.8) is 0 Å². The van der Waals surface area contributed by atoms with Gasteiger partial charge in [-0.05, 0) is 59.1 Å². The number of ether oxygens (including phenoxy) is 6. The van der Waals surface area contributed by atoms with E-state index < -0.39 is 35.6 Å². The van der Waals surface area contributed by atoms with E-state index in [9.17, 15) is 0 Å². The van der Waals surface area contributed by atoms with Gasteiger partial charge in [0.1, 0.15) is 35.6 Å². The van der Waals surface area contributed by atoms with Gasteiger partial charge in [0.15, 0.2) is 0 Å². The van der Waals surface area contributed by atoms with E-state index in [0.717, 1.165) is 84.7 Å². The predicted molar refractivity (Wildman–Crippen MR) is 269 cm³/mol. The van der Waals surface area contributed by atoms with Crippen LogP contribution in [0.25, 0.3) is 0 Å². The van der Waals surface area contributed by atoms with Gasteiger partial charge in [-0.1, -0.05) is 235 Å². The van der Waals surface area contributed by atoms with Crippen molar-refractivity contribution in [1.29, 1.82) is 0 Å². The number of rotatable bonds is 31. The Balaban J connectivity index is 1.48. The Morgan fingerprint density at radius 3 is 0.727 bits per heavy atom. The lowest BCUT2D eigenvalue weighted by molar-refractivity contribution is -0.207. The Hall–Kier alpha value is -4.92. The second-order valence-electron chi connectivity index (χ2n) is 17.1. The minimum Gasteiger partial charge on any atom is -0.373 e. The molecule has 0 unspecified atom stereocenters. The molecule has 6 aromatic carbocycles. The molecule has 6 aromatic rings. The monoisotopic (exact) mass is 891 g/mol. The van der Waals surface area contributed by atoms with E-state index in [1.807, 2.05) is 0 Å². The smallest absolute Gasteiger partial charge is 0.143 e. The Kier molecular flexibility index (Phi) is 21.2. The van der Waals surface area contributed by atoms with Gasteiger partial charge in [0.05, 0.1) is 13.2 Å². The van der Waals surface area contributed by atoms with Crippen LogP contribution in [0.4, 0.5) is 0 Å². The van der Waals surface area contributed by atoms with E-state index in [-0.39, 0.29) is 13.2 Å². The molecule has 0 aromatic heterocycles. The average molecular weight is 891 g/mol. The Morgan fingerprint density at radius 2 is 0.515 bits per heavy atom. The highest BCUT2D eigenvalue weighted by Crippen LogP contribution is 2.43. The second-order valence-corrected chi connectivity index (χ2v) is 17.1. The first-order chi connectivity index (χ1) is 32.6. The maximum Gasteiger partial charge on any atom is 0.143 e. The molecule has 6 heteroatoms. The minimum absolute atomic E-state index is 0.220. The van der Waals surface area contributed by atoms with Crippen molar-refractivity contribution in [1.82, 2.24) is 0 Å². The van der Waals surface area contributed by atoms with Gasteiger partial charge >= 0.3 is 0 Å². The van der Waals surface area contributed by atoms with Crippen molar-refractivity contribution in [3.05, 3.63) is 215 Å². The van der Waals surface area contributed by atoms with Crippen molar-refractivity contribution in [3.8, 4) is 0 Å². The van der Waals surface area contributed by atoms with E-state index in [1.165, 1.54) is 0 Å². The summed E-state index contributed by atoms with van der Waals surface area (Å²) in [5.74, 6) is 0. The molecule has 6 rings (SSSR count). The van der Waals surface area contributed by atoms with E-state index in [1.54, 1.807) is 0 Å². The van der Waals surface area contributed by atoms with Crippen molar-refractivity contribution in [2.75, 3.05) is 39.6 Å². The molecule has 0 heterocycles. The van der Waals surface area contributed by atoms with Crippen LogP contribution >= 0.6 is 0 Å². The quantitative estimate of drug-likeness (QED) is 0.0320. The van der Waals surface area contributed by atoms with Crippen LogP contribution in [-0.2, 0) is 39.6 Å². The second kappa shape index (κ2) is 27.7. The zero-order chi connectivity index (χ0) is 46.1. The minimum atomic E-state index is -0.955. The summed E-state index contributed by atoms with van der Waals surface area (Å²) >= 11 is 0. The molecule has 66 heavy (non-hydrogen) atoms. The molecule has 0 radical (unpaired) electrons. The van der Waals surface area contributed by atoms with Crippen LogP contribution in [0.5, 0.6) is 0 Å². The molecule has 0 aliphatic rings. The predicted octanol–water partition coefficient (Wildman–Crippen LogP) is 13.7. The first kappa shape index (κ1) is 50.5. The summed E-state index contributed by atoms with van der Waals surface area (Å²) in [6, 6.07) is 63.3. The fourth-order valence-electron chi connectivity index (χ4n) is 8.74. The molecule has 0 saturated carbocycles. The normalized spacial score (nSPS) is 13.8. The molecule has 0 aliphatic heterocycles. The SMILES string of the molecule is CCCCO[C@@H]([C@H](OCCCC)[C@@H](COC(c1ccccc1)(c1ccccc1)c1ccccc1)OCCCC)[C@@H](COC(c1ccccc1)(c1ccccc1)c1ccccc1)OCCCC.